The molecule has 0 spiro atoms. The molecular weight excluding hydrogens is 386 g/mol. The van der Waals surface area contributed by atoms with E-state index >= 15 is 0 Å². The van der Waals surface area contributed by atoms with Crippen LogP contribution in [0.2, 0.25) is 5.02 Å². The summed E-state index contributed by atoms with van der Waals surface area (Å²) in [6.07, 6.45) is 3.69. The first-order valence-electron chi connectivity index (χ1n) is 9.57. The second-order valence-electron chi connectivity index (χ2n) is 7.01. The highest BCUT2D eigenvalue weighted by atomic mass is 35.5. The summed E-state index contributed by atoms with van der Waals surface area (Å²) in [5.41, 5.74) is 2.41. The summed E-state index contributed by atoms with van der Waals surface area (Å²) in [5.74, 6) is -0.784. The summed E-state index contributed by atoms with van der Waals surface area (Å²) in [6, 6.07) is 14.6. The summed E-state index contributed by atoms with van der Waals surface area (Å²) >= 11 is 6.14. The normalized spacial score (nSPS) is 11.7. The lowest BCUT2D eigenvalue weighted by atomic mass is 10.1. The molecule has 1 aromatic heterocycles. The van der Waals surface area contributed by atoms with Gasteiger partial charge in [0.05, 0.1) is 10.6 Å². The van der Waals surface area contributed by atoms with Gasteiger partial charge in [-0.2, -0.15) is 0 Å². The van der Waals surface area contributed by atoms with Crippen LogP contribution >= 0.6 is 11.6 Å². The molecule has 6 heteroatoms. The first-order chi connectivity index (χ1) is 13.9. The molecule has 0 radical (unpaired) electrons. The Hall–Kier alpha value is -3.05. The molecule has 3 aromatic rings. The number of nitrogens with one attached hydrogen (secondary N) is 2. The Morgan fingerprint density at radius 1 is 1.10 bits per heavy atom. The van der Waals surface area contributed by atoms with Crippen molar-refractivity contribution < 1.29 is 9.59 Å². The lowest BCUT2D eigenvalue weighted by Gasteiger charge is -2.13. The molecule has 0 bridgehead atoms. The zero-order valence-electron chi connectivity index (χ0n) is 16.7. The number of benzene rings is 2. The Balaban J connectivity index is 2.03. The summed E-state index contributed by atoms with van der Waals surface area (Å²) in [5, 5.41) is 6.92. The van der Waals surface area contributed by atoms with Crippen LogP contribution in [-0.2, 0) is 11.3 Å². The Morgan fingerprint density at radius 3 is 2.48 bits per heavy atom. The fourth-order valence-electron chi connectivity index (χ4n) is 3.14. The van der Waals surface area contributed by atoms with Gasteiger partial charge in [0.2, 0.25) is 0 Å². The van der Waals surface area contributed by atoms with E-state index in [2.05, 4.69) is 22.1 Å². The van der Waals surface area contributed by atoms with Crippen LogP contribution in [0.3, 0.4) is 0 Å². The number of hydrogen-bond donors (Lipinski definition) is 2. The number of rotatable bonds is 6. The van der Waals surface area contributed by atoms with Gasteiger partial charge in [-0.3, -0.25) is 9.59 Å². The van der Waals surface area contributed by atoms with Crippen LogP contribution in [0.25, 0.3) is 17.0 Å². The van der Waals surface area contributed by atoms with Crippen molar-refractivity contribution in [2.45, 2.75) is 33.4 Å². The second kappa shape index (κ2) is 8.97. The maximum atomic E-state index is 12.8. The number of hydrogen-bond acceptors (Lipinski definition) is 2. The van der Waals surface area contributed by atoms with Gasteiger partial charge in [0, 0.05) is 35.2 Å². The van der Waals surface area contributed by atoms with E-state index in [0.29, 0.717) is 10.6 Å². The van der Waals surface area contributed by atoms with Crippen molar-refractivity contribution in [1.29, 1.82) is 0 Å². The van der Waals surface area contributed by atoms with E-state index in [-0.39, 0.29) is 17.6 Å². The van der Waals surface area contributed by atoms with Crippen molar-refractivity contribution in [1.82, 2.24) is 15.2 Å². The second-order valence-corrected chi connectivity index (χ2v) is 7.41. The van der Waals surface area contributed by atoms with E-state index in [1.54, 1.807) is 30.3 Å². The van der Waals surface area contributed by atoms with Gasteiger partial charge in [-0.1, -0.05) is 41.9 Å². The predicted molar refractivity (Wildman–Crippen MR) is 118 cm³/mol. The average molecular weight is 410 g/mol. The van der Waals surface area contributed by atoms with Crippen LogP contribution in [0.5, 0.6) is 0 Å². The standard InChI is InChI=1S/C23H24ClN3O2/c1-4-27-14-16(17-9-6-8-12-21(17)27)13-20(23(29)25-15(2)3)26-22(28)18-10-5-7-11-19(18)24/h5-15H,4H2,1-3H3,(H,25,29)(H,26,28)/b20-13-. The molecule has 2 N–H and O–H groups in total. The number of carbonyl (C=O) groups is 2. The molecule has 5 nitrogen and oxygen atoms in total. The lowest BCUT2D eigenvalue weighted by Crippen LogP contribution is -2.38. The third kappa shape index (κ3) is 4.69. The van der Waals surface area contributed by atoms with Crippen molar-refractivity contribution in [2.75, 3.05) is 0 Å². The maximum absolute atomic E-state index is 12.8. The van der Waals surface area contributed by atoms with E-state index in [1.807, 2.05) is 44.3 Å². The zero-order chi connectivity index (χ0) is 21.0. The molecule has 0 aliphatic carbocycles. The topological polar surface area (TPSA) is 63.1 Å². The number of aryl methyl sites for hydroxylation is 1. The summed E-state index contributed by atoms with van der Waals surface area (Å²) < 4.78 is 2.11. The first-order valence-corrected chi connectivity index (χ1v) is 9.94. The summed E-state index contributed by atoms with van der Waals surface area (Å²) in [4.78, 5) is 25.5. The third-order valence-corrected chi connectivity index (χ3v) is 4.82. The molecule has 29 heavy (non-hydrogen) atoms. The molecule has 2 amide bonds. The highest BCUT2D eigenvalue weighted by Crippen LogP contribution is 2.23. The molecule has 0 saturated heterocycles. The number of fused-ring (bicyclic) bond motifs is 1. The van der Waals surface area contributed by atoms with Crippen LogP contribution in [0.1, 0.15) is 36.7 Å². The minimum absolute atomic E-state index is 0.0694. The van der Waals surface area contributed by atoms with Gasteiger partial charge < -0.3 is 15.2 Å². The van der Waals surface area contributed by atoms with Gasteiger partial charge >= 0.3 is 0 Å². The number of aromatic nitrogens is 1. The average Bonchev–Trinajstić information content (AvgIpc) is 3.05. The van der Waals surface area contributed by atoms with Crippen molar-refractivity contribution in [3.05, 3.63) is 76.6 Å². The molecule has 0 aliphatic rings. The van der Waals surface area contributed by atoms with E-state index < -0.39 is 5.91 Å². The number of halogens is 1. The largest absolute Gasteiger partial charge is 0.349 e. The van der Waals surface area contributed by atoms with Crippen LogP contribution in [0.4, 0.5) is 0 Å². The molecule has 150 valence electrons. The number of amides is 2. The highest BCUT2D eigenvalue weighted by molar-refractivity contribution is 6.34. The van der Waals surface area contributed by atoms with Gasteiger partial charge in [-0.25, -0.2) is 0 Å². The van der Waals surface area contributed by atoms with Crippen molar-refractivity contribution in [3.63, 3.8) is 0 Å². The lowest BCUT2D eigenvalue weighted by molar-refractivity contribution is -0.118. The molecule has 0 atom stereocenters. The maximum Gasteiger partial charge on any atom is 0.268 e. The van der Waals surface area contributed by atoms with Crippen LogP contribution < -0.4 is 10.6 Å². The predicted octanol–water partition coefficient (Wildman–Crippen LogP) is 4.61. The molecule has 3 rings (SSSR count). The molecule has 0 fully saturated rings. The quantitative estimate of drug-likeness (QED) is 0.584. The Bertz CT molecular complexity index is 1080. The first kappa shape index (κ1) is 20.7. The minimum Gasteiger partial charge on any atom is -0.349 e. The zero-order valence-corrected chi connectivity index (χ0v) is 17.5. The fraction of sp³-hybridized carbons (Fsp3) is 0.217. The molecular formula is C23H24ClN3O2. The van der Waals surface area contributed by atoms with E-state index in [1.165, 1.54) is 0 Å². The van der Waals surface area contributed by atoms with Gasteiger partial charge in [0.1, 0.15) is 5.70 Å². The number of para-hydroxylation sites is 1. The molecule has 2 aromatic carbocycles. The van der Waals surface area contributed by atoms with Crippen molar-refractivity contribution >= 4 is 40.4 Å². The fourth-order valence-corrected chi connectivity index (χ4v) is 3.36. The van der Waals surface area contributed by atoms with Gasteiger partial charge in [-0.15, -0.1) is 0 Å². The Morgan fingerprint density at radius 2 is 1.79 bits per heavy atom. The highest BCUT2D eigenvalue weighted by Gasteiger charge is 2.18. The van der Waals surface area contributed by atoms with E-state index in [4.69, 9.17) is 11.6 Å². The molecule has 0 saturated carbocycles. The summed E-state index contributed by atoms with van der Waals surface area (Å²) in [6.45, 7) is 6.60. The Labute approximate surface area is 175 Å². The third-order valence-electron chi connectivity index (χ3n) is 4.49. The smallest absolute Gasteiger partial charge is 0.268 e. The molecule has 0 aliphatic heterocycles. The minimum atomic E-state index is -0.431. The molecule has 1 heterocycles. The van der Waals surface area contributed by atoms with Crippen molar-refractivity contribution in [3.8, 4) is 0 Å². The Kier molecular flexibility index (Phi) is 6.39. The number of carbonyl (C=O) groups excluding carboxylic acids is 2. The SMILES string of the molecule is CCn1cc(/C=C(\NC(=O)c2ccccc2Cl)C(=O)NC(C)C)c2ccccc21. The van der Waals surface area contributed by atoms with E-state index in [9.17, 15) is 9.59 Å². The van der Waals surface area contributed by atoms with Crippen LogP contribution in [0.15, 0.2) is 60.4 Å². The van der Waals surface area contributed by atoms with Gasteiger partial charge in [-0.05, 0) is 45.0 Å². The molecule has 0 unspecified atom stereocenters. The number of nitrogens with zero attached hydrogens (tertiary/aromatic N) is 1. The van der Waals surface area contributed by atoms with Crippen LogP contribution in [-0.4, -0.2) is 22.4 Å². The van der Waals surface area contributed by atoms with Crippen LogP contribution in [0, 0.1) is 0 Å². The van der Waals surface area contributed by atoms with Gasteiger partial charge in [0.15, 0.2) is 0 Å². The van der Waals surface area contributed by atoms with Gasteiger partial charge in [0.25, 0.3) is 11.8 Å². The van der Waals surface area contributed by atoms with E-state index in [0.717, 1.165) is 23.0 Å². The summed E-state index contributed by atoms with van der Waals surface area (Å²) in [7, 11) is 0. The van der Waals surface area contributed by atoms with Crippen molar-refractivity contribution in [2.24, 2.45) is 0 Å². The monoisotopic (exact) mass is 409 g/mol.